The van der Waals surface area contributed by atoms with Gasteiger partial charge in [-0.25, -0.2) is 15.0 Å². The summed E-state index contributed by atoms with van der Waals surface area (Å²) in [4.78, 5) is 29.5. The summed E-state index contributed by atoms with van der Waals surface area (Å²) in [6.07, 6.45) is 4.94. The first-order valence-corrected chi connectivity index (χ1v) is 9.70. The molecule has 1 aliphatic rings. The highest BCUT2D eigenvalue weighted by Gasteiger charge is 2.21. The molecule has 4 heterocycles. The third-order valence-electron chi connectivity index (χ3n) is 4.38. The van der Waals surface area contributed by atoms with Crippen molar-refractivity contribution in [3.05, 3.63) is 58.7 Å². The molecule has 140 valence electrons. The Balaban J connectivity index is 1.26. The van der Waals surface area contributed by atoms with Gasteiger partial charge in [-0.05, 0) is 28.5 Å². The number of carbonyl (C=O) groups excluding carboxylic acids is 1. The summed E-state index contributed by atoms with van der Waals surface area (Å²) < 4.78 is 5.49. The van der Waals surface area contributed by atoms with Crippen LogP contribution >= 0.6 is 11.3 Å². The van der Waals surface area contributed by atoms with Gasteiger partial charge in [0.15, 0.2) is 5.69 Å². The minimum absolute atomic E-state index is 0.220. The Hall–Kier alpha value is -2.78. The molecule has 1 amide bonds. The molecule has 0 aromatic carbocycles. The summed E-state index contributed by atoms with van der Waals surface area (Å²) in [6, 6.07) is 3.80. The van der Waals surface area contributed by atoms with Crippen LogP contribution in [0.1, 0.15) is 21.9 Å². The highest BCUT2D eigenvalue weighted by atomic mass is 32.1. The lowest BCUT2D eigenvalue weighted by Crippen LogP contribution is -2.46. The summed E-state index contributed by atoms with van der Waals surface area (Å²) in [6.45, 7) is 4.49. The van der Waals surface area contributed by atoms with Crippen LogP contribution in [0.4, 0.5) is 5.95 Å². The Morgan fingerprint density at radius 1 is 1.22 bits per heavy atom. The van der Waals surface area contributed by atoms with Gasteiger partial charge in [0.25, 0.3) is 5.91 Å². The van der Waals surface area contributed by atoms with Crippen LogP contribution in [0.3, 0.4) is 0 Å². The van der Waals surface area contributed by atoms with Crippen LogP contribution in [0.2, 0.25) is 0 Å². The summed E-state index contributed by atoms with van der Waals surface area (Å²) >= 11 is 1.61. The van der Waals surface area contributed by atoms with Crippen LogP contribution in [-0.4, -0.2) is 51.9 Å². The van der Waals surface area contributed by atoms with Crippen molar-refractivity contribution in [3.8, 4) is 0 Å². The molecule has 4 rings (SSSR count). The highest BCUT2D eigenvalue weighted by Crippen LogP contribution is 2.13. The quantitative estimate of drug-likeness (QED) is 0.693. The fraction of sp³-hybridized carbons (Fsp3) is 0.333. The second-order valence-corrected chi connectivity index (χ2v) is 7.03. The Kier molecular flexibility index (Phi) is 5.40. The first-order valence-electron chi connectivity index (χ1n) is 8.76. The minimum Gasteiger partial charge on any atom is -0.447 e. The van der Waals surface area contributed by atoms with Crippen LogP contribution in [0.5, 0.6) is 0 Å². The van der Waals surface area contributed by atoms with Gasteiger partial charge in [0.05, 0.1) is 6.54 Å². The Labute approximate surface area is 160 Å². The lowest BCUT2D eigenvalue weighted by atomic mass is 10.3. The Bertz CT molecular complexity index is 859. The second-order valence-electron chi connectivity index (χ2n) is 6.25. The number of aromatic nitrogens is 3. The number of hydrogen-bond acceptors (Lipinski definition) is 8. The molecular weight excluding hydrogens is 364 g/mol. The van der Waals surface area contributed by atoms with E-state index in [-0.39, 0.29) is 5.91 Å². The van der Waals surface area contributed by atoms with Crippen molar-refractivity contribution < 1.29 is 9.21 Å². The third kappa shape index (κ3) is 4.50. The zero-order valence-electron chi connectivity index (χ0n) is 14.7. The van der Waals surface area contributed by atoms with Crippen molar-refractivity contribution >= 4 is 23.2 Å². The van der Waals surface area contributed by atoms with Gasteiger partial charge in [-0.15, -0.1) is 0 Å². The lowest BCUT2D eigenvalue weighted by Gasteiger charge is -2.33. The number of amides is 1. The van der Waals surface area contributed by atoms with Crippen LogP contribution in [0.15, 0.2) is 46.0 Å². The van der Waals surface area contributed by atoms with Crippen molar-refractivity contribution in [2.45, 2.75) is 13.1 Å². The summed E-state index contributed by atoms with van der Waals surface area (Å²) in [5.74, 6) is 1.10. The maximum absolute atomic E-state index is 12.2. The first-order chi connectivity index (χ1) is 13.3. The molecule has 0 spiro atoms. The van der Waals surface area contributed by atoms with E-state index in [0.29, 0.717) is 24.7 Å². The van der Waals surface area contributed by atoms with Gasteiger partial charge in [-0.1, -0.05) is 0 Å². The number of hydrogen-bond donors (Lipinski definition) is 1. The van der Waals surface area contributed by atoms with Gasteiger partial charge >= 0.3 is 0 Å². The van der Waals surface area contributed by atoms with E-state index in [2.05, 4.69) is 30.1 Å². The summed E-state index contributed by atoms with van der Waals surface area (Å²) in [5.41, 5.74) is 1.40. The van der Waals surface area contributed by atoms with Crippen LogP contribution < -0.4 is 10.2 Å². The fourth-order valence-electron chi connectivity index (χ4n) is 2.91. The number of nitrogens with zero attached hydrogens (tertiary/aromatic N) is 5. The molecule has 3 aromatic heterocycles. The van der Waals surface area contributed by atoms with Crippen molar-refractivity contribution in [2.24, 2.45) is 0 Å². The zero-order valence-corrected chi connectivity index (χ0v) is 15.6. The van der Waals surface area contributed by atoms with Crippen LogP contribution in [0.25, 0.3) is 0 Å². The first kappa shape index (κ1) is 17.6. The fourth-order valence-corrected chi connectivity index (χ4v) is 3.57. The predicted molar refractivity (Wildman–Crippen MR) is 102 cm³/mol. The van der Waals surface area contributed by atoms with E-state index < -0.39 is 0 Å². The third-order valence-corrected chi connectivity index (χ3v) is 5.12. The molecule has 9 heteroatoms. The molecule has 3 aromatic rings. The van der Waals surface area contributed by atoms with Gasteiger partial charge in [0.2, 0.25) is 11.8 Å². The molecule has 0 bridgehead atoms. The van der Waals surface area contributed by atoms with E-state index in [0.717, 1.165) is 37.7 Å². The van der Waals surface area contributed by atoms with E-state index in [1.165, 1.54) is 6.26 Å². The molecule has 0 atom stereocenters. The van der Waals surface area contributed by atoms with E-state index in [1.807, 2.05) is 22.9 Å². The maximum atomic E-state index is 12.2. The van der Waals surface area contributed by atoms with Gasteiger partial charge in [-0.3, -0.25) is 9.69 Å². The van der Waals surface area contributed by atoms with E-state index in [1.54, 1.807) is 23.7 Å². The number of carbonyl (C=O) groups is 1. The average Bonchev–Trinajstić information content (AvgIpc) is 3.40. The highest BCUT2D eigenvalue weighted by molar-refractivity contribution is 7.07. The summed E-state index contributed by atoms with van der Waals surface area (Å²) in [7, 11) is 0. The normalized spacial score (nSPS) is 15.0. The van der Waals surface area contributed by atoms with Gasteiger partial charge in [0, 0.05) is 45.1 Å². The molecule has 1 N–H and O–H groups in total. The summed E-state index contributed by atoms with van der Waals surface area (Å²) in [5, 5.41) is 6.85. The van der Waals surface area contributed by atoms with Crippen LogP contribution in [0, 0.1) is 0 Å². The van der Waals surface area contributed by atoms with Crippen molar-refractivity contribution in [3.63, 3.8) is 0 Å². The zero-order chi connectivity index (χ0) is 18.5. The number of nitrogens with one attached hydrogen (secondary N) is 1. The minimum atomic E-state index is -0.220. The molecule has 0 unspecified atom stereocenters. The Morgan fingerprint density at radius 3 is 2.78 bits per heavy atom. The lowest BCUT2D eigenvalue weighted by molar-refractivity contribution is 0.0946. The second kappa shape index (κ2) is 8.28. The largest absolute Gasteiger partial charge is 0.447 e. The molecule has 1 aliphatic heterocycles. The number of rotatable bonds is 6. The molecule has 1 fully saturated rings. The van der Waals surface area contributed by atoms with Gasteiger partial charge in [0.1, 0.15) is 6.26 Å². The average molecular weight is 384 g/mol. The van der Waals surface area contributed by atoms with Gasteiger partial charge < -0.3 is 14.6 Å². The molecule has 1 saturated heterocycles. The number of oxazole rings is 1. The van der Waals surface area contributed by atoms with E-state index >= 15 is 0 Å². The predicted octanol–water partition coefficient (Wildman–Crippen LogP) is 1.78. The standard InChI is InChI=1S/C18H20N6O2S/c25-17(21-10-14-2-9-27-13-14)15-12-26-16(22-15)11-23-5-7-24(8-6-23)18-19-3-1-4-20-18/h1-4,9,12-13H,5-8,10-11H2,(H,21,25). The molecular formula is C18H20N6O2S. The van der Waals surface area contributed by atoms with Crippen LogP contribution in [-0.2, 0) is 13.1 Å². The molecule has 27 heavy (non-hydrogen) atoms. The SMILES string of the molecule is O=C(NCc1ccsc1)c1coc(CN2CCN(c3ncccn3)CC2)n1. The van der Waals surface area contributed by atoms with E-state index in [9.17, 15) is 4.79 Å². The van der Waals surface area contributed by atoms with Crippen molar-refractivity contribution in [1.29, 1.82) is 0 Å². The van der Waals surface area contributed by atoms with Gasteiger partial charge in [-0.2, -0.15) is 11.3 Å². The molecule has 8 nitrogen and oxygen atoms in total. The number of thiophene rings is 1. The molecule has 0 aliphatic carbocycles. The van der Waals surface area contributed by atoms with Crippen molar-refractivity contribution in [1.82, 2.24) is 25.2 Å². The smallest absolute Gasteiger partial charge is 0.273 e. The molecule has 0 radical (unpaired) electrons. The molecule has 0 saturated carbocycles. The monoisotopic (exact) mass is 384 g/mol. The maximum Gasteiger partial charge on any atom is 0.273 e. The van der Waals surface area contributed by atoms with E-state index in [4.69, 9.17) is 4.42 Å². The topological polar surface area (TPSA) is 87.4 Å². The Morgan fingerprint density at radius 2 is 2.04 bits per heavy atom. The van der Waals surface area contributed by atoms with Crippen molar-refractivity contribution in [2.75, 3.05) is 31.1 Å². The number of piperazine rings is 1. The number of anilines is 1.